The van der Waals surface area contributed by atoms with Crippen molar-refractivity contribution in [2.75, 3.05) is 17.7 Å². The number of ether oxygens (including phenoxy) is 1. The number of anilines is 2. The highest BCUT2D eigenvalue weighted by atomic mass is 19.1. The third-order valence-electron chi connectivity index (χ3n) is 3.98. The average Bonchev–Trinajstić information content (AvgIpc) is 3.25. The Hall–Kier alpha value is -3.62. The SMILES string of the molecule is COc1cc(N2C=CC(c3cn[nH]c3)=C3ONC(N)=C32)c(F)cc1N. The zero-order chi connectivity index (χ0) is 17.6. The van der Waals surface area contributed by atoms with Crippen LogP contribution in [0.3, 0.4) is 0 Å². The number of nitrogens with one attached hydrogen (secondary N) is 2. The van der Waals surface area contributed by atoms with Crippen LogP contribution in [0.2, 0.25) is 0 Å². The Morgan fingerprint density at radius 2 is 2.16 bits per heavy atom. The number of H-pyrrole nitrogens is 1. The van der Waals surface area contributed by atoms with Gasteiger partial charge in [-0.1, -0.05) is 0 Å². The van der Waals surface area contributed by atoms with E-state index in [0.29, 0.717) is 17.2 Å². The number of nitrogen functional groups attached to an aromatic ring is 1. The van der Waals surface area contributed by atoms with Crippen LogP contribution >= 0.6 is 0 Å². The molecule has 0 radical (unpaired) electrons. The highest BCUT2D eigenvalue weighted by Gasteiger charge is 2.33. The van der Waals surface area contributed by atoms with Crippen LogP contribution in [0.1, 0.15) is 5.56 Å². The summed E-state index contributed by atoms with van der Waals surface area (Å²) in [7, 11) is 1.47. The fourth-order valence-electron chi connectivity index (χ4n) is 2.79. The number of hydroxylamine groups is 1. The molecular weight excluding hydrogens is 327 g/mol. The second-order valence-electron chi connectivity index (χ2n) is 5.43. The number of nitrogens with zero attached hydrogens (tertiary/aromatic N) is 2. The third kappa shape index (κ3) is 2.24. The number of fused-ring (bicyclic) bond motifs is 1. The van der Waals surface area contributed by atoms with Crippen molar-refractivity contribution in [1.82, 2.24) is 15.7 Å². The van der Waals surface area contributed by atoms with E-state index in [1.807, 2.05) is 0 Å². The Balaban J connectivity index is 1.85. The molecule has 0 spiro atoms. The minimum absolute atomic E-state index is 0.210. The first-order valence-electron chi connectivity index (χ1n) is 7.37. The summed E-state index contributed by atoms with van der Waals surface area (Å²) in [6.45, 7) is 0. The van der Waals surface area contributed by atoms with Crippen LogP contribution in [0.15, 0.2) is 54.1 Å². The van der Waals surface area contributed by atoms with Gasteiger partial charge in [0.1, 0.15) is 17.3 Å². The fraction of sp³-hybridized carbons (Fsp3) is 0.0625. The van der Waals surface area contributed by atoms with Crippen molar-refractivity contribution in [1.29, 1.82) is 0 Å². The summed E-state index contributed by atoms with van der Waals surface area (Å²) in [5, 5.41) is 6.68. The third-order valence-corrected chi connectivity index (χ3v) is 3.98. The molecular formula is C16H15FN6O2. The maximum atomic E-state index is 14.5. The van der Waals surface area contributed by atoms with Crippen LogP contribution < -0.4 is 26.6 Å². The van der Waals surface area contributed by atoms with Gasteiger partial charge in [0.2, 0.25) is 0 Å². The first-order chi connectivity index (χ1) is 12.1. The molecule has 2 aliphatic rings. The van der Waals surface area contributed by atoms with Crippen LogP contribution in [0.25, 0.3) is 5.57 Å². The predicted molar refractivity (Wildman–Crippen MR) is 89.9 cm³/mol. The molecule has 25 heavy (non-hydrogen) atoms. The number of aromatic nitrogens is 2. The Kier molecular flexibility index (Phi) is 3.27. The Labute approximate surface area is 142 Å². The molecule has 0 atom stereocenters. The molecule has 0 bridgehead atoms. The number of rotatable bonds is 3. The first-order valence-corrected chi connectivity index (χ1v) is 7.37. The molecule has 0 saturated heterocycles. The van der Waals surface area contributed by atoms with Crippen LogP contribution in [-0.2, 0) is 4.84 Å². The van der Waals surface area contributed by atoms with Crippen molar-refractivity contribution < 1.29 is 14.0 Å². The Morgan fingerprint density at radius 1 is 1.32 bits per heavy atom. The van der Waals surface area contributed by atoms with Gasteiger partial charge < -0.3 is 25.9 Å². The van der Waals surface area contributed by atoms with E-state index in [1.165, 1.54) is 19.2 Å². The van der Waals surface area contributed by atoms with E-state index in [0.717, 1.165) is 11.1 Å². The van der Waals surface area contributed by atoms with E-state index in [2.05, 4.69) is 15.7 Å². The molecule has 2 aromatic rings. The minimum atomic E-state index is -0.513. The van der Waals surface area contributed by atoms with Crippen molar-refractivity contribution in [3.8, 4) is 5.75 Å². The van der Waals surface area contributed by atoms with Gasteiger partial charge in [0.25, 0.3) is 0 Å². The minimum Gasteiger partial charge on any atom is -0.495 e. The summed E-state index contributed by atoms with van der Waals surface area (Å²) in [4.78, 5) is 7.07. The van der Waals surface area contributed by atoms with Crippen molar-refractivity contribution in [3.63, 3.8) is 0 Å². The molecule has 0 unspecified atom stereocenters. The molecule has 0 aliphatic carbocycles. The van der Waals surface area contributed by atoms with Gasteiger partial charge in [0.15, 0.2) is 11.6 Å². The number of halogens is 1. The van der Waals surface area contributed by atoms with Crippen LogP contribution in [-0.4, -0.2) is 17.3 Å². The van der Waals surface area contributed by atoms with Gasteiger partial charge in [-0.15, -0.1) is 0 Å². The number of hydrogen-bond acceptors (Lipinski definition) is 7. The van der Waals surface area contributed by atoms with E-state index < -0.39 is 5.82 Å². The topological polar surface area (TPSA) is 114 Å². The molecule has 3 heterocycles. The van der Waals surface area contributed by atoms with Gasteiger partial charge in [-0.05, 0) is 6.08 Å². The second kappa shape index (κ2) is 5.48. The van der Waals surface area contributed by atoms with Crippen LogP contribution in [0.5, 0.6) is 5.75 Å². The molecule has 8 nitrogen and oxygen atoms in total. The summed E-state index contributed by atoms with van der Waals surface area (Å²) in [5.74, 6) is 0.579. The van der Waals surface area contributed by atoms with Crippen LogP contribution in [0.4, 0.5) is 15.8 Å². The second-order valence-corrected chi connectivity index (χ2v) is 5.43. The van der Waals surface area contributed by atoms with Gasteiger partial charge in [0.05, 0.1) is 24.7 Å². The monoisotopic (exact) mass is 342 g/mol. The lowest BCUT2D eigenvalue weighted by molar-refractivity contribution is 0.161. The predicted octanol–water partition coefficient (Wildman–Crippen LogP) is 1.55. The van der Waals surface area contributed by atoms with Gasteiger partial charge >= 0.3 is 0 Å². The van der Waals surface area contributed by atoms with E-state index in [9.17, 15) is 4.39 Å². The molecule has 1 aromatic carbocycles. The standard InChI is InChI=1S/C16H15FN6O2/c1-24-13-5-12(10(17)4-11(13)18)23-3-2-9(8-6-20-21-7-8)15-14(23)16(19)22-25-15/h2-7,22H,18-19H2,1H3,(H,20,21). The molecule has 2 aliphatic heterocycles. The number of benzene rings is 1. The highest BCUT2D eigenvalue weighted by Crippen LogP contribution is 2.40. The van der Waals surface area contributed by atoms with E-state index in [1.54, 1.807) is 29.6 Å². The molecule has 128 valence electrons. The molecule has 1 aromatic heterocycles. The fourth-order valence-corrected chi connectivity index (χ4v) is 2.79. The molecule has 0 saturated carbocycles. The number of methoxy groups -OCH3 is 1. The summed E-state index contributed by atoms with van der Waals surface area (Å²) < 4.78 is 19.7. The Bertz CT molecular complexity index is 932. The average molecular weight is 342 g/mol. The zero-order valence-corrected chi connectivity index (χ0v) is 13.2. The molecule has 4 rings (SSSR count). The molecule has 0 amide bonds. The van der Waals surface area contributed by atoms with E-state index in [4.69, 9.17) is 21.0 Å². The van der Waals surface area contributed by atoms with Gasteiger partial charge in [0, 0.05) is 35.7 Å². The summed E-state index contributed by atoms with van der Waals surface area (Å²) >= 11 is 0. The molecule has 0 fully saturated rings. The largest absolute Gasteiger partial charge is 0.495 e. The Morgan fingerprint density at radius 3 is 2.88 bits per heavy atom. The van der Waals surface area contributed by atoms with Crippen molar-refractivity contribution in [2.24, 2.45) is 5.73 Å². The van der Waals surface area contributed by atoms with E-state index in [-0.39, 0.29) is 17.2 Å². The van der Waals surface area contributed by atoms with Gasteiger partial charge in [-0.2, -0.15) is 5.10 Å². The quantitative estimate of drug-likeness (QED) is 0.626. The summed E-state index contributed by atoms with van der Waals surface area (Å²) in [6, 6.07) is 2.71. The van der Waals surface area contributed by atoms with Gasteiger partial charge in [-0.25, -0.2) is 9.87 Å². The summed E-state index contributed by atoms with van der Waals surface area (Å²) in [6.07, 6.45) is 6.86. The zero-order valence-electron chi connectivity index (χ0n) is 13.2. The van der Waals surface area contributed by atoms with E-state index >= 15 is 0 Å². The van der Waals surface area contributed by atoms with Crippen molar-refractivity contribution in [3.05, 3.63) is 65.5 Å². The maximum Gasteiger partial charge on any atom is 0.190 e. The lowest BCUT2D eigenvalue weighted by Crippen LogP contribution is -2.23. The number of aromatic amines is 1. The van der Waals surface area contributed by atoms with Crippen molar-refractivity contribution >= 4 is 16.9 Å². The highest BCUT2D eigenvalue weighted by molar-refractivity contribution is 5.84. The van der Waals surface area contributed by atoms with Gasteiger partial charge in [-0.3, -0.25) is 5.10 Å². The normalized spacial score (nSPS) is 16.0. The van der Waals surface area contributed by atoms with Crippen molar-refractivity contribution in [2.45, 2.75) is 0 Å². The smallest absolute Gasteiger partial charge is 0.190 e. The van der Waals surface area contributed by atoms with Crippen LogP contribution in [0, 0.1) is 5.82 Å². The molecule has 6 N–H and O–H groups in total. The lowest BCUT2D eigenvalue weighted by Gasteiger charge is -2.26. The first kappa shape index (κ1) is 14.9. The number of allylic oxidation sites excluding steroid dienone is 2. The summed E-state index contributed by atoms with van der Waals surface area (Å²) in [5.41, 5.74) is 16.9. The number of nitrogens with two attached hydrogens (primary N) is 2. The lowest BCUT2D eigenvalue weighted by atomic mass is 10.0. The molecule has 9 heteroatoms. The maximum absolute atomic E-state index is 14.5. The number of hydrogen-bond donors (Lipinski definition) is 4.